The van der Waals surface area contributed by atoms with Crippen LogP contribution in [0.1, 0.15) is 21.5 Å². The Balaban J connectivity index is 1.71. The third kappa shape index (κ3) is 5.11. The first kappa shape index (κ1) is 20.3. The summed E-state index contributed by atoms with van der Waals surface area (Å²) in [4.78, 5) is 16.2. The average Bonchev–Trinajstić information content (AvgIpc) is 2.69. The van der Waals surface area contributed by atoms with Gasteiger partial charge >= 0.3 is 6.18 Å². The highest BCUT2D eigenvalue weighted by Gasteiger charge is 2.30. The molecule has 0 radical (unpaired) electrons. The van der Waals surface area contributed by atoms with E-state index in [0.29, 0.717) is 16.8 Å². The largest absolute Gasteiger partial charge is 0.506 e. The predicted molar refractivity (Wildman–Crippen MR) is 103 cm³/mol. The molecule has 3 aromatic rings. The number of halogens is 4. The first-order valence-corrected chi connectivity index (χ1v) is 8.57. The summed E-state index contributed by atoms with van der Waals surface area (Å²) in [7, 11) is 0. The average molecular weight is 420 g/mol. The zero-order valence-electron chi connectivity index (χ0n) is 14.6. The second kappa shape index (κ2) is 8.32. The number of aromatic hydroxyl groups is 1. The Kier molecular flexibility index (Phi) is 5.84. The van der Waals surface area contributed by atoms with Crippen LogP contribution in [0.15, 0.2) is 65.9 Å². The van der Waals surface area contributed by atoms with E-state index in [-0.39, 0.29) is 16.3 Å². The third-order valence-electron chi connectivity index (χ3n) is 3.88. The summed E-state index contributed by atoms with van der Waals surface area (Å²) in [6, 6.07) is 11.9. The lowest BCUT2D eigenvalue weighted by Gasteiger charge is -2.07. The second-order valence-corrected chi connectivity index (χ2v) is 6.32. The van der Waals surface area contributed by atoms with Gasteiger partial charge in [0, 0.05) is 17.3 Å². The smallest absolute Gasteiger partial charge is 0.416 e. The standard InChI is InChI=1S/C20H13ClF3N3O2/c21-16-10-14(3-6-18(16)28)19(29)27-26-11-12-7-8-25-17(9-12)13-1-4-15(5-2-13)20(22,23)24/h1-11,28H,(H,27,29). The monoisotopic (exact) mass is 419 g/mol. The fraction of sp³-hybridized carbons (Fsp3) is 0.0500. The highest BCUT2D eigenvalue weighted by atomic mass is 35.5. The lowest BCUT2D eigenvalue weighted by molar-refractivity contribution is -0.137. The van der Waals surface area contributed by atoms with Crippen LogP contribution in [0.25, 0.3) is 11.3 Å². The van der Waals surface area contributed by atoms with E-state index in [1.54, 1.807) is 12.1 Å². The van der Waals surface area contributed by atoms with Crippen LogP contribution in [-0.4, -0.2) is 22.2 Å². The normalized spacial score (nSPS) is 11.6. The van der Waals surface area contributed by atoms with E-state index in [0.717, 1.165) is 12.1 Å². The van der Waals surface area contributed by atoms with Gasteiger partial charge in [-0.05, 0) is 48.0 Å². The maximum absolute atomic E-state index is 12.7. The van der Waals surface area contributed by atoms with Crippen molar-refractivity contribution in [1.29, 1.82) is 0 Å². The van der Waals surface area contributed by atoms with Gasteiger partial charge in [0.1, 0.15) is 5.75 Å². The Labute approximate surface area is 168 Å². The van der Waals surface area contributed by atoms with Gasteiger partial charge < -0.3 is 5.11 Å². The predicted octanol–water partition coefficient (Wildman–Crippen LogP) is 4.89. The summed E-state index contributed by atoms with van der Waals surface area (Å²) in [5.41, 5.74) is 3.35. The molecule has 29 heavy (non-hydrogen) atoms. The van der Waals surface area contributed by atoms with Crippen LogP contribution in [0.2, 0.25) is 5.02 Å². The van der Waals surface area contributed by atoms with Crippen molar-refractivity contribution in [2.24, 2.45) is 5.10 Å². The Morgan fingerprint density at radius 3 is 2.48 bits per heavy atom. The molecule has 5 nitrogen and oxygen atoms in total. The Morgan fingerprint density at radius 1 is 1.10 bits per heavy atom. The van der Waals surface area contributed by atoms with Crippen molar-refractivity contribution in [1.82, 2.24) is 10.4 Å². The molecule has 0 saturated carbocycles. The number of alkyl halides is 3. The lowest BCUT2D eigenvalue weighted by Crippen LogP contribution is -2.17. The van der Waals surface area contributed by atoms with E-state index in [4.69, 9.17) is 11.6 Å². The number of carbonyl (C=O) groups is 1. The van der Waals surface area contributed by atoms with Crippen molar-refractivity contribution < 1.29 is 23.1 Å². The van der Waals surface area contributed by atoms with Crippen LogP contribution >= 0.6 is 11.6 Å². The Hall–Kier alpha value is -3.39. The maximum atomic E-state index is 12.7. The topological polar surface area (TPSA) is 74.6 Å². The van der Waals surface area contributed by atoms with Crippen LogP contribution in [0, 0.1) is 0 Å². The van der Waals surface area contributed by atoms with Gasteiger partial charge in [-0.1, -0.05) is 23.7 Å². The van der Waals surface area contributed by atoms with Crippen molar-refractivity contribution in [2.45, 2.75) is 6.18 Å². The lowest BCUT2D eigenvalue weighted by atomic mass is 10.1. The molecule has 0 atom stereocenters. The second-order valence-electron chi connectivity index (χ2n) is 5.91. The van der Waals surface area contributed by atoms with E-state index < -0.39 is 17.6 Å². The highest BCUT2D eigenvalue weighted by Crippen LogP contribution is 2.30. The first-order chi connectivity index (χ1) is 13.7. The summed E-state index contributed by atoms with van der Waals surface area (Å²) < 4.78 is 38.0. The van der Waals surface area contributed by atoms with Gasteiger partial charge in [-0.2, -0.15) is 18.3 Å². The van der Waals surface area contributed by atoms with Gasteiger partial charge in [-0.15, -0.1) is 0 Å². The van der Waals surface area contributed by atoms with Crippen molar-refractivity contribution >= 4 is 23.7 Å². The summed E-state index contributed by atoms with van der Waals surface area (Å²) in [6.45, 7) is 0. The number of nitrogens with zero attached hydrogens (tertiary/aromatic N) is 2. The van der Waals surface area contributed by atoms with Crippen LogP contribution in [-0.2, 0) is 6.18 Å². The third-order valence-corrected chi connectivity index (χ3v) is 4.18. The number of amides is 1. The molecule has 0 unspecified atom stereocenters. The van der Waals surface area contributed by atoms with Gasteiger partial charge in [0.2, 0.25) is 0 Å². The van der Waals surface area contributed by atoms with Crippen molar-refractivity contribution in [3.05, 3.63) is 82.5 Å². The molecule has 148 valence electrons. The van der Waals surface area contributed by atoms with Crippen molar-refractivity contribution in [3.8, 4) is 17.0 Å². The molecular weight excluding hydrogens is 407 g/mol. The molecule has 0 fully saturated rings. The van der Waals surface area contributed by atoms with Crippen molar-refractivity contribution in [3.63, 3.8) is 0 Å². The summed E-state index contributed by atoms with van der Waals surface area (Å²) >= 11 is 5.76. The minimum Gasteiger partial charge on any atom is -0.506 e. The van der Waals surface area contributed by atoms with E-state index in [2.05, 4.69) is 15.5 Å². The first-order valence-electron chi connectivity index (χ1n) is 8.19. The number of nitrogens with one attached hydrogen (secondary N) is 1. The molecular formula is C20H13ClF3N3O2. The summed E-state index contributed by atoms with van der Waals surface area (Å²) in [6.07, 6.45) is -1.55. The van der Waals surface area contributed by atoms with E-state index in [9.17, 15) is 23.1 Å². The SMILES string of the molecule is O=C(NN=Cc1ccnc(-c2ccc(C(F)(F)F)cc2)c1)c1ccc(O)c(Cl)c1. The summed E-state index contributed by atoms with van der Waals surface area (Å²) in [5, 5.41) is 13.3. The quantitative estimate of drug-likeness (QED) is 0.467. The minimum absolute atomic E-state index is 0.0388. The molecule has 0 aliphatic heterocycles. The number of phenols is 1. The van der Waals surface area contributed by atoms with Gasteiger partial charge in [-0.3, -0.25) is 9.78 Å². The number of rotatable bonds is 4. The van der Waals surface area contributed by atoms with Crippen molar-refractivity contribution in [2.75, 3.05) is 0 Å². The van der Waals surface area contributed by atoms with Crippen LogP contribution < -0.4 is 5.43 Å². The number of pyridine rings is 1. The molecule has 0 saturated heterocycles. The maximum Gasteiger partial charge on any atom is 0.416 e. The number of hydrogen-bond acceptors (Lipinski definition) is 4. The number of benzene rings is 2. The fourth-order valence-corrected chi connectivity index (χ4v) is 2.57. The Bertz CT molecular complexity index is 1070. The summed E-state index contributed by atoms with van der Waals surface area (Å²) in [5.74, 6) is -0.667. The number of aromatic nitrogens is 1. The molecule has 2 aromatic carbocycles. The molecule has 0 spiro atoms. The van der Waals surface area contributed by atoms with E-state index in [1.165, 1.54) is 42.7 Å². The minimum atomic E-state index is -4.40. The molecule has 1 amide bonds. The number of carbonyl (C=O) groups excluding carboxylic acids is 1. The van der Waals surface area contributed by atoms with Crippen LogP contribution in [0.3, 0.4) is 0 Å². The molecule has 0 aliphatic carbocycles. The number of phenolic OH excluding ortho intramolecular Hbond substituents is 1. The van der Waals surface area contributed by atoms with Crippen LogP contribution in [0.4, 0.5) is 13.2 Å². The molecule has 2 N–H and O–H groups in total. The fourth-order valence-electron chi connectivity index (χ4n) is 2.39. The van der Waals surface area contributed by atoms with Gasteiger partial charge in [-0.25, -0.2) is 5.43 Å². The number of hydrazone groups is 1. The molecule has 9 heteroatoms. The molecule has 3 rings (SSSR count). The highest BCUT2D eigenvalue weighted by molar-refractivity contribution is 6.32. The molecule has 0 bridgehead atoms. The molecule has 1 heterocycles. The molecule has 0 aliphatic rings. The zero-order chi connectivity index (χ0) is 21.0. The molecule has 1 aromatic heterocycles. The zero-order valence-corrected chi connectivity index (χ0v) is 15.4. The van der Waals surface area contributed by atoms with Crippen LogP contribution in [0.5, 0.6) is 5.75 Å². The van der Waals surface area contributed by atoms with Gasteiger partial charge in [0.15, 0.2) is 0 Å². The van der Waals surface area contributed by atoms with E-state index in [1.807, 2.05) is 0 Å². The van der Waals surface area contributed by atoms with E-state index >= 15 is 0 Å². The van der Waals surface area contributed by atoms with Gasteiger partial charge in [0.05, 0.1) is 22.5 Å². The Morgan fingerprint density at radius 2 is 1.83 bits per heavy atom. The number of hydrogen-bond donors (Lipinski definition) is 2. The van der Waals surface area contributed by atoms with Gasteiger partial charge in [0.25, 0.3) is 5.91 Å².